The number of hydrogen-bond acceptors (Lipinski definition) is 1. The monoisotopic (exact) mass is 264 g/mol. The maximum Gasteiger partial charge on any atom is 3.00 e. The van der Waals surface area contributed by atoms with E-state index in [1.165, 1.54) is 17.7 Å². The van der Waals surface area contributed by atoms with Gasteiger partial charge in [0.1, 0.15) is 0 Å². The van der Waals surface area contributed by atoms with Crippen LogP contribution < -0.4 is 4.90 Å². The first-order valence-electron chi connectivity index (χ1n) is 4.73. The van der Waals surface area contributed by atoms with Crippen molar-refractivity contribution < 1.29 is 32.7 Å². The minimum Gasteiger partial charge on any atom is -0.397 e. The third kappa shape index (κ3) is 3.70. The zero-order valence-electron chi connectivity index (χ0n) is 9.25. The van der Waals surface area contributed by atoms with Gasteiger partial charge in [-0.15, -0.1) is 11.6 Å². The number of anilines is 1. The average Bonchev–Trinajstić information content (AvgIpc) is 2.50. The van der Waals surface area contributed by atoms with Crippen molar-refractivity contribution in [2.75, 3.05) is 18.5 Å². The van der Waals surface area contributed by atoms with E-state index in [4.69, 9.17) is 0 Å². The van der Waals surface area contributed by atoms with Crippen molar-refractivity contribution in [1.29, 1.82) is 0 Å². The zero-order chi connectivity index (χ0) is 9.68. The molecule has 1 aliphatic rings. The van der Waals surface area contributed by atoms with Crippen LogP contribution in [-0.4, -0.2) is 13.6 Å². The van der Waals surface area contributed by atoms with E-state index in [1.54, 1.807) is 0 Å². The van der Waals surface area contributed by atoms with Gasteiger partial charge in [0.15, 0.2) is 0 Å². The SMILES string of the molecule is CN1CCc2c[c-]ccc21.C[CH-]C.[Y+3]. The maximum atomic E-state index is 3.09. The summed E-state index contributed by atoms with van der Waals surface area (Å²) in [4.78, 5) is 2.28. The molecule has 0 bridgehead atoms. The van der Waals surface area contributed by atoms with Gasteiger partial charge in [0.05, 0.1) is 0 Å². The molecule has 1 aromatic carbocycles. The molecule has 2 rings (SSSR count). The van der Waals surface area contributed by atoms with E-state index in [-0.39, 0.29) is 32.7 Å². The van der Waals surface area contributed by atoms with Gasteiger partial charge in [-0.1, -0.05) is 12.1 Å². The smallest absolute Gasteiger partial charge is 0.397 e. The van der Waals surface area contributed by atoms with Crippen molar-refractivity contribution in [1.82, 2.24) is 0 Å². The first-order valence-corrected chi connectivity index (χ1v) is 4.73. The second-order valence-electron chi connectivity index (χ2n) is 3.30. The fraction of sp³-hybridized carbons (Fsp3) is 0.417. The normalized spacial score (nSPS) is 12.4. The Morgan fingerprint density at radius 2 is 2.07 bits per heavy atom. The molecule has 0 radical (unpaired) electrons. The van der Waals surface area contributed by atoms with E-state index in [9.17, 15) is 0 Å². The molecule has 0 saturated carbocycles. The van der Waals surface area contributed by atoms with Crippen LogP contribution in [0.15, 0.2) is 18.2 Å². The van der Waals surface area contributed by atoms with E-state index in [0.717, 1.165) is 6.54 Å². The Morgan fingerprint density at radius 3 is 2.64 bits per heavy atom. The molecule has 0 N–H and O–H groups in total. The van der Waals surface area contributed by atoms with Gasteiger partial charge in [-0.25, -0.2) is 0 Å². The summed E-state index contributed by atoms with van der Waals surface area (Å²) in [5, 5.41) is 0. The Bertz CT molecular complexity index is 260. The molecule has 72 valence electrons. The molecule has 1 aliphatic heterocycles. The molecule has 0 fully saturated rings. The number of rotatable bonds is 0. The van der Waals surface area contributed by atoms with Gasteiger partial charge < -0.3 is 11.3 Å². The van der Waals surface area contributed by atoms with Crippen LogP contribution >= 0.6 is 0 Å². The summed E-state index contributed by atoms with van der Waals surface area (Å²) in [6.07, 6.45) is 3.18. The van der Waals surface area contributed by atoms with Crippen LogP contribution in [0.3, 0.4) is 0 Å². The molecule has 1 heterocycles. The predicted octanol–water partition coefficient (Wildman–Crippen LogP) is 2.71. The molecule has 0 aliphatic carbocycles. The van der Waals surface area contributed by atoms with Gasteiger partial charge in [0.25, 0.3) is 0 Å². The van der Waals surface area contributed by atoms with Gasteiger partial charge in [-0.3, -0.25) is 0 Å². The van der Waals surface area contributed by atoms with Crippen LogP contribution in [0.25, 0.3) is 0 Å². The number of hydrogen-bond donors (Lipinski definition) is 0. The molecule has 0 unspecified atom stereocenters. The molecule has 1 aromatic rings. The number of nitrogens with zero attached hydrogens (tertiary/aromatic N) is 1. The second kappa shape index (κ2) is 7.42. The summed E-state index contributed by atoms with van der Waals surface area (Å²) in [5.41, 5.74) is 2.81. The first-order chi connectivity index (χ1) is 6.29. The fourth-order valence-corrected chi connectivity index (χ4v) is 1.44. The first kappa shape index (κ1) is 14.1. The van der Waals surface area contributed by atoms with Crippen molar-refractivity contribution in [2.24, 2.45) is 0 Å². The number of benzene rings is 1. The largest absolute Gasteiger partial charge is 3.00 e. The van der Waals surface area contributed by atoms with E-state index in [1.807, 2.05) is 26.3 Å². The topological polar surface area (TPSA) is 3.24 Å². The molecule has 0 amide bonds. The minimum absolute atomic E-state index is 0. The predicted molar refractivity (Wildman–Crippen MR) is 57.9 cm³/mol. The standard InChI is InChI=1S/C9H10N.C3H7.Y/c1-10-7-6-8-4-2-3-5-9(8)10;1-3-2;/h3-5H,6-7H2,1H3;3H,1-2H3;/q2*-1;+3. The summed E-state index contributed by atoms with van der Waals surface area (Å²) in [5.74, 6) is 0. The van der Waals surface area contributed by atoms with Crippen LogP contribution in [-0.2, 0) is 39.1 Å². The van der Waals surface area contributed by atoms with Crippen LogP contribution in [0.1, 0.15) is 19.4 Å². The number of likely N-dealkylation sites (N-methyl/N-ethyl adjacent to an activating group) is 1. The van der Waals surface area contributed by atoms with E-state index in [2.05, 4.69) is 30.1 Å². The van der Waals surface area contributed by atoms with Crippen molar-refractivity contribution in [3.05, 3.63) is 36.2 Å². The Morgan fingerprint density at radius 1 is 1.43 bits per heavy atom. The van der Waals surface area contributed by atoms with Crippen molar-refractivity contribution >= 4 is 5.69 Å². The summed E-state index contributed by atoms with van der Waals surface area (Å²) in [6, 6.07) is 9.27. The molecule has 0 aromatic heterocycles. The van der Waals surface area contributed by atoms with Crippen LogP contribution in [0.2, 0.25) is 0 Å². The van der Waals surface area contributed by atoms with Gasteiger partial charge >= 0.3 is 32.7 Å². The summed E-state index contributed by atoms with van der Waals surface area (Å²) in [6.45, 7) is 5.16. The molecular formula is C12H17NY+. The average molecular weight is 264 g/mol. The van der Waals surface area contributed by atoms with Gasteiger partial charge in [0.2, 0.25) is 0 Å². The minimum atomic E-state index is 0. The Labute approximate surface area is 113 Å². The summed E-state index contributed by atoms with van der Waals surface area (Å²) in [7, 11) is 2.13. The summed E-state index contributed by atoms with van der Waals surface area (Å²) < 4.78 is 0. The van der Waals surface area contributed by atoms with Gasteiger partial charge in [0, 0.05) is 13.6 Å². The summed E-state index contributed by atoms with van der Waals surface area (Å²) >= 11 is 0. The van der Waals surface area contributed by atoms with Crippen molar-refractivity contribution in [3.8, 4) is 0 Å². The van der Waals surface area contributed by atoms with Gasteiger partial charge in [-0.2, -0.15) is 32.0 Å². The molecule has 2 heteroatoms. The third-order valence-electron chi connectivity index (χ3n) is 2.05. The maximum absolute atomic E-state index is 3.09. The Hall–Kier alpha value is 0.124. The molecule has 0 atom stereocenters. The van der Waals surface area contributed by atoms with Crippen LogP contribution in [0.4, 0.5) is 5.69 Å². The number of fused-ring (bicyclic) bond motifs is 1. The molecular weight excluding hydrogens is 247 g/mol. The van der Waals surface area contributed by atoms with Crippen LogP contribution in [0.5, 0.6) is 0 Å². The van der Waals surface area contributed by atoms with Gasteiger partial charge in [-0.05, 0) is 0 Å². The zero-order valence-corrected chi connectivity index (χ0v) is 12.1. The van der Waals surface area contributed by atoms with E-state index < -0.39 is 0 Å². The molecule has 0 spiro atoms. The second-order valence-corrected chi connectivity index (χ2v) is 3.30. The Balaban J connectivity index is 0.000000381. The Kier molecular flexibility index (Phi) is 7.49. The van der Waals surface area contributed by atoms with Crippen molar-refractivity contribution in [2.45, 2.75) is 20.3 Å². The molecule has 1 nitrogen and oxygen atoms in total. The van der Waals surface area contributed by atoms with E-state index >= 15 is 0 Å². The quantitative estimate of drug-likeness (QED) is 0.651. The van der Waals surface area contributed by atoms with Crippen molar-refractivity contribution in [3.63, 3.8) is 0 Å². The molecule has 0 saturated heterocycles. The molecule has 14 heavy (non-hydrogen) atoms. The third-order valence-corrected chi connectivity index (χ3v) is 2.05. The van der Waals surface area contributed by atoms with Crippen LogP contribution in [0, 0.1) is 12.5 Å². The van der Waals surface area contributed by atoms with E-state index in [0.29, 0.717) is 0 Å². The fourth-order valence-electron chi connectivity index (χ4n) is 1.44.